The molecule has 1 unspecified atom stereocenters. The topological polar surface area (TPSA) is 108 Å². The van der Waals surface area contributed by atoms with Crippen molar-refractivity contribution in [2.24, 2.45) is 0 Å². The maximum absolute atomic E-state index is 12.8. The summed E-state index contributed by atoms with van der Waals surface area (Å²) in [5.74, 6) is -1.30. The van der Waals surface area contributed by atoms with Crippen molar-refractivity contribution in [1.29, 1.82) is 0 Å². The third-order valence-electron chi connectivity index (χ3n) is 4.94. The molecule has 0 bridgehead atoms. The van der Waals surface area contributed by atoms with Crippen molar-refractivity contribution in [3.05, 3.63) is 34.9 Å². The van der Waals surface area contributed by atoms with Crippen LogP contribution in [0.25, 0.3) is 0 Å². The Labute approximate surface area is 161 Å². The van der Waals surface area contributed by atoms with Gasteiger partial charge in [-0.05, 0) is 37.5 Å². The number of hydrogen-bond donors (Lipinski definition) is 3. The van der Waals surface area contributed by atoms with Crippen LogP contribution in [0.4, 0.5) is 9.59 Å². The van der Waals surface area contributed by atoms with Crippen LogP contribution in [0.15, 0.2) is 24.3 Å². The van der Waals surface area contributed by atoms with Crippen LogP contribution in [0.2, 0.25) is 5.02 Å². The monoisotopic (exact) mass is 392 g/mol. The van der Waals surface area contributed by atoms with Crippen molar-refractivity contribution in [3.8, 4) is 0 Å². The standard InChI is InChI=1S/C18H21ClN4O4/c1-18(11-6-8-12(19)9-7-11)15(25)23(17(27)22-18)10-14(24)21-16(26)20-13-4-2-3-5-13/h6-9,13H,2-5,10H2,1H3,(H,22,27)(H2,20,21,24,26). The molecule has 1 atom stereocenters. The van der Waals surface area contributed by atoms with E-state index in [2.05, 4.69) is 16.0 Å². The van der Waals surface area contributed by atoms with Crippen LogP contribution in [0.5, 0.6) is 0 Å². The molecule has 1 saturated carbocycles. The van der Waals surface area contributed by atoms with Gasteiger partial charge in [0.15, 0.2) is 0 Å². The zero-order chi connectivity index (χ0) is 19.6. The molecule has 3 rings (SSSR count). The SMILES string of the molecule is CC1(c2ccc(Cl)cc2)NC(=O)N(CC(=O)NC(=O)NC2CCCC2)C1=O. The van der Waals surface area contributed by atoms with Gasteiger partial charge in [-0.3, -0.25) is 19.8 Å². The van der Waals surface area contributed by atoms with Crippen LogP contribution in [0.3, 0.4) is 0 Å². The predicted molar refractivity (Wildman–Crippen MR) is 98.0 cm³/mol. The van der Waals surface area contributed by atoms with E-state index in [-0.39, 0.29) is 6.04 Å². The quantitative estimate of drug-likeness (QED) is 0.680. The lowest BCUT2D eigenvalue weighted by atomic mass is 9.92. The summed E-state index contributed by atoms with van der Waals surface area (Å²) >= 11 is 5.86. The number of nitrogens with zero attached hydrogens (tertiary/aromatic N) is 1. The number of rotatable bonds is 4. The summed E-state index contributed by atoms with van der Waals surface area (Å²) in [7, 11) is 0. The Bertz CT molecular complexity index is 776. The van der Waals surface area contributed by atoms with Crippen molar-refractivity contribution in [2.75, 3.05) is 6.54 Å². The molecule has 6 amide bonds. The molecule has 1 aromatic carbocycles. The average Bonchev–Trinajstić information content (AvgIpc) is 3.18. The van der Waals surface area contributed by atoms with Gasteiger partial charge in [0.05, 0.1) is 0 Å². The fourth-order valence-corrected chi connectivity index (χ4v) is 3.55. The molecule has 144 valence electrons. The second kappa shape index (κ2) is 7.56. The molecule has 0 aromatic heterocycles. The fraction of sp³-hybridized carbons (Fsp3) is 0.444. The van der Waals surface area contributed by atoms with Crippen LogP contribution in [0, 0.1) is 0 Å². The zero-order valence-electron chi connectivity index (χ0n) is 14.9. The number of carbonyl (C=O) groups is 4. The van der Waals surface area contributed by atoms with E-state index in [1.807, 2.05) is 0 Å². The number of hydrogen-bond acceptors (Lipinski definition) is 4. The summed E-state index contributed by atoms with van der Waals surface area (Å²) in [6, 6.07) is 5.26. The van der Waals surface area contributed by atoms with E-state index in [0.29, 0.717) is 10.6 Å². The van der Waals surface area contributed by atoms with Crippen LogP contribution in [-0.4, -0.2) is 41.4 Å². The number of nitrogens with one attached hydrogen (secondary N) is 3. The van der Waals surface area contributed by atoms with Crippen molar-refractivity contribution in [2.45, 2.75) is 44.2 Å². The number of benzene rings is 1. The molecule has 2 fully saturated rings. The fourth-order valence-electron chi connectivity index (χ4n) is 3.42. The van der Waals surface area contributed by atoms with Crippen molar-refractivity contribution >= 4 is 35.5 Å². The van der Waals surface area contributed by atoms with E-state index in [1.54, 1.807) is 31.2 Å². The first-order valence-electron chi connectivity index (χ1n) is 8.80. The molecule has 0 spiro atoms. The Hall–Kier alpha value is -2.61. The van der Waals surface area contributed by atoms with E-state index < -0.39 is 36.0 Å². The number of imide groups is 2. The minimum absolute atomic E-state index is 0.0581. The summed E-state index contributed by atoms with van der Waals surface area (Å²) < 4.78 is 0. The first-order chi connectivity index (χ1) is 12.8. The molecule has 1 aliphatic carbocycles. The zero-order valence-corrected chi connectivity index (χ0v) is 15.6. The average molecular weight is 393 g/mol. The lowest BCUT2D eigenvalue weighted by molar-refractivity contribution is -0.134. The highest BCUT2D eigenvalue weighted by Gasteiger charge is 2.49. The highest BCUT2D eigenvalue weighted by atomic mass is 35.5. The van der Waals surface area contributed by atoms with E-state index in [0.717, 1.165) is 30.6 Å². The summed E-state index contributed by atoms with van der Waals surface area (Å²) in [5, 5.41) is 7.99. The minimum atomic E-state index is -1.30. The lowest BCUT2D eigenvalue weighted by Gasteiger charge is -2.22. The summed E-state index contributed by atoms with van der Waals surface area (Å²) in [6.45, 7) is 1.02. The summed E-state index contributed by atoms with van der Waals surface area (Å²) in [6.07, 6.45) is 3.86. The second-order valence-corrected chi connectivity index (χ2v) is 7.39. The molecule has 9 heteroatoms. The summed E-state index contributed by atoms with van der Waals surface area (Å²) in [4.78, 5) is 49.7. The Kier molecular flexibility index (Phi) is 5.36. The van der Waals surface area contributed by atoms with E-state index in [4.69, 9.17) is 11.6 Å². The largest absolute Gasteiger partial charge is 0.335 e. The van der Waals surface area contributed by atoms with Gasteiger partial charge < -0.3 is 10.6 Å². The third kappa shape index (κ3) is 4.05. The van der Waals surface area contributed by atoms with Gasteiger partial charge >= 0.3 is 12.1 Å². The maximum atomic E-state index is 12.8. The van der Waals surface area contributed by atoms with Gasteiger partial charge in [-0.15, -0.1) is 0 Å². The summed E-state index contributed by atoms with van der Waals surface area (Å²) in [5.41, 5.74) is -0.749. The van der Waals surface area contributed by atoms with Gasteiger partial charge in [0.25, 0.3) is 5.91 Å². The van der Waals surface area contributed by atoms with Gasteiger partial charge in [0, 0.05) is 11.1 Å². The smallest absolute Gasteiger partial charge is 0.325 e. The normalized spacial score (nSPS) is 22.7. The number of halogens is 1. The van der Waals surface area contributed by atoms with Crippen LogP contribution < -0.4 is 16.0 Å². The molecule has 2 aliphatic rings. The van der Waals surface area contributed by atoms with E-state index >= 15 is 0 Å². The first kappa shape index (κ1) is 19.2. The molecule has 1 saturated heterocycles. The highest BCUT2D eigenvalue weighted by Crippen LogP contribution is 2.29. The van der Waals surface area contributed by atoms with Crippen LogP contribution in [-0.2, 0) is 15.1 Å². The van der Waals surface area contributed by atoms with Gasteiger partial charge in [-0.1, -0.05) is 36.6 Å². The highest BCUT2D eigenvalue weighted by molar-refractivity contribution is 6.30. The minimum Gasteiger partial charge on any atom is -0.335 e. The van der Waals surface area contributed by atoms with Gasteiger partial charge in [-0.2, -0.15) is 0 Å². The van der Waals surface area contributed by atoms with E-state index in [9.17, 15) is 19.2 Å². The Morgan fingerprint density at radius 3 is 2.48 bits per heavy atom. The second-order valence-electron chi connectivity index (χ2n) is 6.96. The molecule has 8 nitrogen and oxygen atoms in total. The first-order valence-corrected chi connectivity index (χ1v) is 9.18. The molecule has 0 radical (unpaired) electrons. The van der Waals surface area contributed by atoms with Crippen LogP contribution in [0.1, 0.15) is 38.2 Å². The van der Waals surface area contributed by atoms with Crippen molar-refractivity contribution < 1.29 is 19.2 Å². The number of urea groups is 2. The van der Waals surface area contributed by atoms with E-state index in [1.165, 1.54) is 0 Å². The molecular weight excluding hydrogens is 372 g/mol. The Balaban J connectivity index is 1.62. The molecule has 1 aliphatic heterocycles. The van der Waals surface area contributed by atoms with Gasteiger partial charge in [0.2, 0.25) is 5.91 Å². The van der Waals surface area contributed by atoms with Crippen LogP contribution >= 0.6 is 11.6 Å². The predicted octanol–water partition coefficient (Wildman–Crippen LogP) is 1.88. The van der Waals surface area contributed by atoms with Crippen molar-refractivity contribution in [1.82, 2.24) is 20.9 Å². The third-order valence-corrected chi connectivity index (χ3v) is 5.19. The number of carbonyl (C=O) groups excluding carboxylic acids is 4. The lowest BCUT2D eigenvalue weighted by Crippen LogP contribution is -2.48. The molecule has 3 N–H and O–H groups in total. The van der Waals surface area contributed by atoms with Gasteiger partial charge in [-0.25, -0.2) is 9.59 Å². The maximum Gasteiger partial charge on any atom is 0.325 e. The molecular formula is C18H21ClN4O4. The number of amides is 6. The molecule has 27 heavy (non-hydrogen) atoms. The molecule has 1 aromatic rings. The van der Waals surface area contributed by atoms with Crippen molar-refractivity contribution in [3.63, 3.8) is 0 Å². The Morgan fingerprint density at radius 2 is 1.85 bits per heavy atom. The molecule has 1 heterocycles. The Morgan fingerprint density at radius 1 is 1.22 bits per heavy atom. The van der Waals surface area contributed by atoms with Gasteiger partial charge in [0.1, 0.15) is 12.1 Å².